The van der Waals surface area contributed by atoms with E-state index in [1.165, 1.54) is 4.90 Å². The number of sulfonamides is 1. The average molecular weight is 494 g/mol. The summed E-state index contributed by atoms with van der Waals surface area (Å²) >= 11 is 6.33. The van der Waals surface area contributed by atoms with Gasteiger partial charge in [-0.15, -0.1) is 0 Å². The van der Waals surface area contributed by atoms with Crippen LogP contribution in [0.5, 0.6) is 0 Å². The zero-order valence-corrected chi connectivity index (χ0v) is 21.3. The van der Waals surface area contributed by atoms with Gasteiger partial charge >= 0.3 is 0 Å². The van der Waals surface area contributed by atoms with E-state index < -0.39 is 28.5 Å². The molecule has 0 saturated carbocycles. The molecule has 0 aliphatic heterocycles. The summed E-state index contributed by atoms with van der Waals surface area (Å²) in [5.74, 6) is -0.780. The SMILES string of the molecule is CCNC(=O)[C@H](CC)N(Cc1ccccc1Cl)C(=O)CN(c1cc(C)ccc1C)S(C)(=O)=O. The summed E-state index contributed by atoms with van der Waals surface area (Å²) in [5, 5.41) is 3.23. The quantitative estimate of drug-likeness (QED) is 0.547. The lowest BCUT2D eigenvalue weighted by Gasteiger charge is -2.33. The van der Waals surface area contributed by atoms with Crippen molar-refractivity contribution in [2.75, 3.05) is 23.7 Å². The van der Waals surface area contributed by atoms with Crippen LogP contribution in [-0.2, 0) is 26.2 Å². The van der Waals surface area contributed by atoms with Crippen LogP contribution in [0.4, 0.5) is 5.69 Å². The van der Waals surface area contributed by atoms with E-state index in [1.54, 1.807) is 44.2 Å². The highest BCUT2D eigenvalue weighted by Gasteiger charge is 2.32. The van der Waals surface area contributed by atoms with E-state index in [0.717, 1.165) is 21.7 Å². The molecular formula is C24H32ClN3O4S. The molecule has 1 N–H and O–H groups in total. The molecule has 2 aromatic carbocycles. The van der Waals surface area contributed by atoms with Crippen LogP contribution < -0.4 is 9.62 Å². The number of carbonyl (C=O) groups excluding carboxylic acids is 2. The predicted molar refractivity (Wildman–Crippen MR) is 133 cm³/mol. The molecule has 0 aliphatic rings. The van der Waals surface area contributed by atoms with Crippen molar-refractivity contribution >= 4 is 39.1 Å². The number of carbonyl (C=O) groups is 2. The molecule has 0 bridgehead atoms. The minimum atomic E-state index is -3.77. The first kappa shape index (κ1) is 26.7. The fourth-order valence-electron chi connectivity index (χ4n) is 3.60. The molecule has 2 rings (SSSR count). The minimum absolute atomic E-state index is 0.0819. The number of hydrogen-bond acceptors (Lipinski definition) is 4. The molecule has 0 saturated heterocycles. The molecule has 0 fully saturated rings. The van der Waals surface area contributed by atoms with Crippen LogP contribution in [0.15, 0.2) is 42.5 Å². The van der Waals surface area contributed by atoms with Crippen molar-refractivity contribution in [3.63, 3.8) is 0 Å². The second kappa shape index (κ2) is 11.5. The number of aryl methyl sites for hydroxylation is 2. The van der Waals surface area contributed by atoms with E-state index in [0.29, 0.717) is 29.2 Å². The van der Waals surface area contributed by atoms with Crippen molar-refractivity contribution in [3.05, 3.63) is 64.2 Å². The lowest BCUT2D eigenvalue weighted by molar-refractivity contribution is -0.140. The van der Waals surface area contributed by atoms with Gasteiger partial charge in [0.2, 0.25) is 21.8 Å². The van der Waals surface area contributed by atoms with Gasteiger partial charge in [-0.25, -0.2) is 8.42 Å². The van der Waals surface area contributed by atoms with Crippen molar-refractivity contribution in [1.82, 2.24) is 10.2 Å². The number of nitrogens with zero attached hydrogens (tertiary/aromatic N) is 2. The Labute approximate surface area is 201 Å². The molecule has 9 heteroatoms. The van der Waals surface area contributed by atoms with Crippen LogP contribution in [0.1, 0.15) is 37.0 Å². The number of hydrogen-bond donors (Lipinski definition) is 1. The number of amides is 2. The summed E-state index contributed by atoms with van der Waals surface area (Å²) in [7, 11) is -3.77. The third-order valence-electron chi connectivity index (χ3n) is 5.35. The highest BCUT2D eigenvalue weighted by atomic mass is 35.5. The molecule has 0 unspecified atom stereocenters. The van der Waals surface area contributed by atoms with Crippen molar-refractivity contribution in [2.24, 2.45) is 0 Å². The standard InChI is InChI=1S/C24H32ClN3O4S/c1-6-21(24(30)26-7-2)27(15-19-10-8-9-11-20(19)25)23(29)16-28(33(5,31)32)22-14-17(3)12-13-18(22)4/h8-14,21H,6-7,15-16H2,1-5H3,(H,26,30)/t21-/m0/s1. The maximum Gasteiger partial charge on any atom is 0.244 e. The highest BCUT2D eigenvalue weighted by molar-refractivity contribution is 7.92. The Bertz CT molecular complexity index is 1100. The predicted octanol–water partition coefficient (Wildman–Crippen LogP) is 3.67. The molecular weight excluding hydrogens is 462 g/mol. The summed E-state index contributed by atoms with van der Waals surface area (Å²) in [6, 6.07) is 11.8. The maximum absolute atomic E-state index is 13.6. The van der Waals surface area contributed by atoms with Crippen LogP contribution in [0, 0.1) is 13.8 Å². The number of halogens is 1. The van der Waals surface area contributed by atoms with Crippen LogP contribution in [0.3, 0.4) is 0 Å². The van der Waals surface area contributed by atoms with E-state index in [9.17, 15) is 18.0 Å². The van der Waals surface area contributed by atoms with E-state index >= 15 is 0 Å². The Hall–Kier alpha value is -2.58. The fourth-order valence-corrected chi connectivity index (χ4v) is 4.70. The second-order valence-electron chi connectivity index (χ2n) is 7.99. The first-order valence-corrected chi connectivity index (χ1v) is 13.1. The van der Waals surface area contributed by atoms with E-state index in [4.69, 9.17) is 11.6 Å². The smallest absolute Gasteiger partial charge is 0.244 e. The van der Waals surface area contributed by atoms with E-state index in [-0.39, 0.29) is 12.5 Å². The first-order valence-electron chi connectivity index (χ1n) is 10.8. The van der Waals surface area contributed by atoms with Crippen molar-refractivity contribution in [2.45, 2.75) is 46.7 Å². The van der Waals surface area contributed by atoms with Gasteiger partial charge in [0.25, 0.3) is 0 Å². The molecule has 2 amide bonds. The number of rotatable bonds is 10. The molecule has 0 heterocycles. The Kier molecular flexibility index (Phi) is 9.31. The third kappa shape index (κ3) is 6.95. The zero-order valence-electron chi connectivity index (χ0n) is 19.8. The van der Waals surface area contributed by atoms with Gasteiger partial charge in [0.15, 0.2) is 0 Å². The third-order valence-corrected chi connectivity index (χ3v) is 6.84. The van der Waals surface area contributed by atoms with Gasteiger partial charge in [-0.3, -0.25) is 13.9 Å². The second-order valence-corrected chi connectivity index (χ2v) is 10.3. The fraction of sp³-hybridized carbons (Fsp3) is 0.417. The molecule has 7 nitrogen and oxygen atoms in total. The molecule has 0 spiro atoms. The van der Waals surface area contributed by atoms with Crippen LogP contribution >= 0.6 is 11.6 Å². The van der Waals surface area contributed by atoms with Gasteiger partial charge in [0.1, 0.15) is 12.6 Å². The van der Waals surface area contributed by atoms with Crippen molar-refractivity contribution in [1.29, 1.82) is 0 Å². The summed E-state index contributed by atoms with van der Waals surface area (Å²) in [4.78, 5) is 27.8. The Balaban J connectivity index is 2.49. The molecule has 0 aromatic heterocycles. The summed E-state index contributed by atoms with van der Waals surface area (Å²) in [5.41, 5.74) is 2.72. The van der Waals surface area contributed by atoms with Gasteiger partial charge in [-0.2, -0.15) is 0 Å². The highest BCUT2D eigenvalue weighted by Crippen LogP contribution is 2.25. The lowest BCUT2D eigenvalue weighted by Crippen LogP contribution is -2.52. The Morgan fingerprint density at radius 1 is 1.09 bits per heavy atom. The summed E-state index contributed by atoms with van der Waals surface area (Å²) in [6.07, 6.45) is 1.44. The van der Waals surface area contributed by atoms with Crippen molar-refractivity contribution in [3.8, 4) is 0 Å². The van der Waals surface area contributed by atoms with E-state index in [2.05, 4.69) is 5.32 Å². The van der Waals surface area contributed by atoms with E-state index in [1.807, 2.05) is 26.0 Å². The van der Waals surface area contributed by atoms with Crippen LogP contribution in [0.2, 0.25) is 5.02 Å². The number of anilines is 1. The number of benzene rings is 2. The topological polar surface area (TPSA) is 86.8 Å². The van der Waals surface area contributed by atoms with Gasteiger partial charge in [0, 0.05) is 18.1 Å². The average Bonchev–Trinajstić information content (AvgIpc) is 2.74. The van der Waals surface area contributed by atoms with Gasteiger partial charge in [-0.1, -0.05) is 48.9 Å². The van der Waals surface area contributed by atoms with Crippen molar-refractivity contribution < 1.29 is 18.0 Å². The van der Waals surface area contributed by atoms with Gasteiger partial charge in [-0.05, 0) is 56.0 Å². The molecule has 180 valence electrons. The van der Waals surface area contributed by atoms with Crippen LogP contribution in [0.25, 0.3) is 0 Å². The Morgan fingerprint density at radius 3 is 2.33 bits per heavy atom. The van der Waals surface area contributed by atoms with Gasteiger partial charge in [0.05, 0.1) is 11.9 Å². The van der Waals surface area contributed by atoms with Gasteiger partial charge < -0.3 is 10.2 Å². The lowest BCUT2D eigenvalue weighted by atomic mass is 10.1. The molecule has 0 aliphatic carbocycles. The molecule has 0 radical (unpaired) electrons. The molecule has 1 atom stereocenters. The Morgan fingerprint density at radius 2 is 1.76 bits per heavy atom. The molecule has 33 heavy (non-hydrogen) atoms. The molecule has 2 aromatic rings. The number of nitrogens with one attached hydrogen (secondary N) is 1. The number of likely N-dealkylation sites (N-methyl/N-ethyl adjacent to an activating group) is 1. The largest absolute Gasteiger partial charge is 0.355 e. The summed E-state index contributed by atoms with van der Waals surface area (Å²) < 4.78 is 26.5. The summed E-state index contributed by atoms with van der Waals surface area (Å²) in [6.45, 7) is 7.34. The first-order chi connectivity index (χ1) is 15.5. The van der Waals surface area contributed by atoms with Crippen LogP contribution in [-0.4, -0.2) is 50.5 Å². The minimum Gasteiger partial charge on any atom is -0.355 e. The zero-order chi connectivity index (χ0) is 24.8. The maximum atomic E-state index is 13.6. The monoisotopic (exact) mass is 493 g/mol. The normalized spacial score (nSPS) is 12.2.